The molecular weight excluding hydrogens is 150 g/mol. The summed E-state index contributed by atoms with van der Waals surface area (Å²) in [6, 6.07) is 2.11. The summed E-state index contributed by atoms with van der Waals surface area (Å²) in [5.74, 6) is 0. The summed E-state index contributed by atoms with van der Waals surface area (Å²) in [5.41, 5.74) is 0. The van der Waals surface area contributed by atoms with E-state index in [1.807, 2.05) is 0 Å². The van der Waals surface area contributed by atoms with Gasteiger partial charge in [0.05, 0.1) is 6.61 Å². The van der Waals surface area contributed by atoms with Crippen molar-refractivity contribution in [2.24, 2.45) is 0 Å². The minimum atomic E-state index is 0.666. The lowest BCUT2D eigenvalue weighted by Crippen LogP contribution is -2.59. The van der Waals surface area contributed by atoms with E-state index in [1.165, 1.54) is 6.42 Å². The molecule has 2 nitrogen and oxygen atoms in total. The van der Waals surface area contributed by atoms with Crippen LogP contribution in [-0.4, -0.2) is 36.2 Å². The minimum absolute atomic E-state index is 0.666. The first-order valence-electron chi connectivity index (χ1n) is 5.02. The second-order valence-electron chi connectivity index (χ2n) is 3.94. The molecule has 1 heterocycles. The van der Waals surface area contributed by atoms with Gasteiger partial charge in [-0.3, -0.25) is 4.90 Å². The van der Waals surface area contributed by atoms with Crippen LogP contribution in [0.15, 0.2) is 0 Å². The first-order valence-corrected chi connectivity index (χ1v) is 5.02. The SMILES string of the molecule is CCOCC1CC(C)N1C(C)C. The largest absolute Gasteiger partial charge is 0.380 e. The molecule has 72 valence electrons. The molecule has 0 aromatic carbocycles. The summed E-state index contributed by atoms with van der Waals surface area (Å²) in [6.07, 6.45) is 1.30. The summed E-state index contributed by atoms with van der Waals surface area (Å²) in [6.45, 7) is 10.6. The van der Waals surface area contributed by atoms with Crippen LogP contribution in [0.25, 0.3) is 0 Å². The van der Waals surface area contributed by atoms with Gasteiger partial charge in [-0.1, -0.05) is 0 Å². The maximum Gasteiger partial charge on any atom is 0.0622 e. The standard InChI is InChI=1S/C10H21NO/c1-5-12-7-10-6-9(4)11(10)8(2)3/h8-10H,5-7H2,1-4H3. The second kappa shape index (κ2) is 4.24. The molecule has 2 unspecified atom stereocenters. The molecule has 0 N–H and O–H groups in total. The normalized spacial score (nSPS) is 30.8. The molecule has 1 fully saturated rings. The van der Waals surface area contributed by atoms with Crippen molar-refractivity contribution in [3.8, 4) is 0 Å². The highest BCUT2D eigenvalue weighted by molar-refractivity contribution is 4.91. The van der Waals surface area contributed by atoms with Crippen LogP contribution < -0.4 is 0 Å². The Morgan fingerprint density at radius 2 is 2.17 bits per heavy atom. The van der Waals surface area contributed by atoms with Crippen LogP contribution in [0.1, 0.15) is 34.1 Å². The van der Waals surface area contributed by atoms with Crippen molar-refractivity contribution in [2.75, 3.05) is 13.2 Å². The van der Waals surface area contributed by atoms with Crippen LogP contribution in [-0.2, 0) is 4.74 Å². The van der Waals surface area contributed by atoms with E-state index in [9.17, 15) is 0 Å². The monoisotopic (exact) mass is 171 g/mol. The molecule has 2 atom stereocenters. The van der Waals surface area contributed by atoms with E-state index in [-0.39, 0.29) is 0 Å². The van der Waals surface area contributed by atoms with E-state index >= 15 is 0 Å². The fourth-order valence-corrected chi connectivity index (χ4v) is 2.20. The van der Waals surface area contributed by atoms with Crippen LogP contribution >= 0.6 is 0 Å². The van der Waals surface area contributed by atoms with Crippen molar-refractivity contribution in [2.45, 2.75) is 52.2 Å². The van der Waals surface area contributed by atoms with Crippen LogP contribution in [0.3, 0.4) is 0 Å². The zero-order valence-corrected chi connectivity index (χ0v) is 8.71. The number of likely N-dealkylation sites (tertiary alicyclic amines) is 1. The molecular formula is C10H21NO. The number of rotatable bonds is 4. The second-order valence-corrected chi connectivity index (χ2v) is 3.94. The molecule has 0 radical (unpaired) electrons. The zero-order chi connectivity index (χ0) is 9.14. The van der Waals surface area contributed by atoms with E-state index in [0.29, 0.717) is 12.1 Å². The van der Waals surface area contributed by atoms with Crippen molar-refractivity contribution >= 4 is 0 Å². The fraction of sp³-hybridized carbons (Fsp3) is 1.00. The Morgan fingerprint density at radius 1 is 1.50 bits per heavy atom. The first-order chi connectivity index (χ1) is 5.66. The lowest BCUT2D eigenvalue weighted by atomic mass is 9.93. The smallest absolute Gasteiger partial charge is 0.0622 e. The van der Waals surface area contributed by atoms with Crippen molar-refractivity contribution < 1.29 is 4.74 Å². The van der Waals surface area contributed by atoms with Crippen molar-refractivity contribution in [1.82, 2.24) is 4.90 Å². The van der Waals surface area contributed by atoms with E-state index in [2.05, 4.69) is 32.6 Å². The number of nitrogens with zero attached hydrogens (tertiary/aromatic N) is 1. The van der Waals surface area contributed by atoms with Gasteiger partial charge in [-0.2, -0.15) is 0 Å². The quantitative estimate of drug-likeness (QED) is 0.640. The molecule has 0 saturated carbocycles. The Labute approximate surface area is 75.9 Å². The van der Waals surface area contributed by atoms with E-state index < -0.39 is 0 Å². The van der Waals surface area contributed by atoms with Gasteiger partial charge in [0.2, 0.25) is 0 Å². The van der Waals surface area contributed by atoms with Gasteiger partial charge in [0.1, 0.15) is 0 Å². The van der Waals surface area contributed by atoms with Crippen LogP contribution in [0.4, 0.5) is 0 Å². The molecule has 0 amide bonds. The van der Waals surface area contributed by atoms with E-state index in [1.54, 1.807) is 0 Å². The molecule has 0 spiro atoms. The third-order valence-corrected chi connectivity index (χ3v) is 2.65. The fourth-order valence-electron chi connectivity index (χ4n) is 2.20. The average Bonchev–Trinajstić information content (AvgIpc) is 1.95. The van der Waals surface area contributed by atoms with Gasteiger partial charge in [-0.25, -0.2) is 0 Å². The summed E-state index contributed by atoms with van der Waals surface area (Å²) >= 11 is 0. The van der Waals surface area contributed by atoms with Gasteiger partial charge in [-0.15, -0.1) is 0 Å². The Morgan fingerprint density at radius 3 is 2.58 bits per heavy atom. The Bertz CT molecular complexity index is 131. The maximum absolute atomic E-state index is 5.42. The molecule has 0 aromatic rings. The molecule has 0 aromatic heterocycles. The third-order valence-electron chi connectivity index (χ3n) is 2.65. The highest BCUT2D eigenvalue weighted by Crippen LogP contribution is 2.27. The topological polar surface area (TPSA) is 12.5 Å². The zero-order valence-electron chi connectivity index (χ0n) is 8.71. The van der Waals surface area contributed by atoms with Crippen LogP contribution in [0.2, 0.25) is 0 Å². The van der Waals surface area contributed by atoms with Crippen molar-refractivity contribution in [3.63, 3.8) is 0 Å². The summed E-state index contributed by atoms with van der Waals surface area (Å²) < 4.78 is 5.42. The highest BCUT2D eigenvalue weighted by atomic mass is 16.5. The number of hydrogen-bond donors (Lipinski definition) is 0. The van der Waals surface area contributed by atoms with Gasteiger partial charge in [-0.05, 0) is 34.1 Å². The average molecular weight is 171 g/mol. The van der Waals surface area contributed by atoms with Crippen LogP contribution in [0.5, 0.6) is 0 Å². The van der Waals surface area contributed by atoms with Crippen molar-refractivity contribution in [3.05, 3.63) is 0 Å². The number of hydrogen-bond acceptors (Lipinski definition) is 2. The van der Waals surface area contributed by atoms with Gasteiger partial charge in [0, 0.05) is 24.7 Å². The lowest BCUT2D eigenvalue weighted by Gasteiger charge is -2.49. The molecule has 1 rings (SSSR count). The first kappa shape index (κ1) is 10.0. The lowest BCUT2D eigenvalue weighted by molar-refractivity contribution is -0.0496. The molecule has 1 aliphatic heterocycles. The minimum Gasteiger partial charge on any atom is -0.380 e. The summed E-state index contributed by atoms with van der Waals surface area (Å²) in [5, 5.41) is 0. The molecule has 1 aliphatic rings. The predicted octanol–water partition coefficient (Wildman–Crippen LogP) is 1.89. The molecule has 0 aliphatic carbocycles. The van der Waals surface area contributed by atoms with Gasteiger partial charge in [0.15, 0.2) is 0 Å². The third kappa shape index (κ3) is 1.99. The van der Waals surface area contributed by atoms with Crippen LogP contribution in [0, 0.1) is 0 Å². The van der Waals surface area contributed by atoms with E-state index in [4.69, 9.17) is 4.74 Å². The predicted molar refractivity (Wildman–Crippen MR) is 51.3 cm³/mol. The molecule has 2 heteroatoms. The molecule has 1 saturated heterocycles. The summed E-state index contributed by atoms with van der Waals surface area (Å²) in [4.78, 5) is 2.54. The Balaban J connectivity index is 2.28. The number of ether oxygens (including phenoxy) is 1. The maximum atomic E-state index is 5.42. The Kier molecular flexibility index (Phi) is 3.53. The van der Waals surface area contributed by atoms with Gasteiger partial charge in [0.25, 0.3) is 0 Å². The van der Waals surface area contributed by atoms with Crippen molar-refractivity contribution in [1.29, 1.82) is 0 Å². The molecule has 0 bridgehead atoms. The molecule has 12 heavy (non-hydrogen) atoms. The van der Waals surface area contributed by atoms with E-state index in [0.717, 1.165) is 19.3 Å². The Hall–Kier alpha value is -0.0800. The van der Waals surface area contributed by atoms with Gasteiger partial charge < -0.3 is 4.74 Å². The summed E-state index contributed by atoms with van der Waals surface area (Å²) in [7, 11) is 0. The van der Waals surface area contributed by atoms with Gasteiger partial charge >= 0.3 is 0 Å². The highest BCUT2D eigenvalue weighted by Gasteiger charge is 2.36.